The first-order valence-corrected chi connectivity index (χ1v) is 6.06. The van der Waals surface area contributed by atoms with Gasteiger partial charge in [0.15, 0.2) is 0 Å². The SMILES string of the molecule is COc1cc(-c2ccc(C(F)(F)F)cc2)ccc1C(F)(F)F. The molecule has 22 heavy (non-hydrogen) atoms. The van der Waals surface area contributed by atoms with Crippen LogP contribution in [0, 0.1) is 0 Å². The van der Waals surface area contributed by atoms with Gasteiger partial charge in [0.1, 0.15) is 5.75 Å². The molecule has 0 unspecified atom stereocenters. The first-order valence-electron chi connectivity index (χ1n) is 6.06. The quantitative estimate of drug-likeness (QED) is 0.673. The molecule has 2 aromatic rings. The van der Waals surface area contributed by atoms with Crippen LogP contribution in [-0.4, -0.2) is 7.11 Å². The Bertz CT molecular complexity index is 655. The minimum atomic E-state index is -4.57. The number of hydrogen-bond acceptors (Lipinski definition) is 1. The van der Waals surface area contributed by atoms with E-state index in [0.29, 0.717) is 11.1 Å². The summed E-state index contributed by atoms with van der Waals surface area (Å²) in [6, 6.07) is 7.32. The van der Waals surface area contributed by atoms with Crippen molar-refractivity contribution < 1.29 is 31.1 Å². The van der Waals surface area contributed by atoms with Gasteiger partial charge in [0.25, 0.3) is 0 Å². The molecule has 0 spiro atoms. The molecule has 2 rings (SSSR count). The lowest BCUT2D eigenvalue weighted by Gasteiger charge is -2.14. The van der Waals surface area contributed by atoms with E-state index in [0.717, 1.165) is 31.4 Å². The predicted molar refractivity (Wildman–Crippen MR) is 68.4 cm³/mol. The maximum atomic E-state index is 12.7. The lowest BCUT2D eigenvalue weighted by atomic mass is 10.0. The van der Waals surface area contributed by atoms with Gasteiger partial charge in [0.2, 0.25) is 0 Å². The molecule has 1 nitrogen and oxygen atoms in total. The first kappa shape index (κ1) is 16.2. The van der Waals surface area contributed by atoms with Crippen LogP contribution in [0.5, 0.6) is 5.75 Å². The van der Waals surface area contributed by atoms with Gasteiger partial charge in [-0.1, -0.05) is 18.2 Å². The van der Waals surface area contributed by atoms with Gasteiger partial charge >= 0.3 is 12.4 Å². The van der Waals surface area contributed by atoms with Crippen LogP contribution in [0.1, 0.15) is 11.1 Å². The minimum absolute atomic E-state index is 0.332. The van der Waals surface area contributed by atoms with Crippen LogP contribution in [0.3, 0.4) is 0 Å². The third-order valence-corrected chi connectivity index (χ3v) is 3.05. The Balaban J connectivity index is 2.42. The fraction of sp³-hybridized carbons (Fsp3) is 0.200. The Morgan fingerprint density at radius 3 is 1.73 bits per heavy atom. The molecular weight excluding hydrogens is 310 g/mol. The summed E-state index contributed by atoms with van der Waals surface area (Å²) in [7, 11) is 1.10. The Morgan fingerprint density at radius 1 is 0.727 bits per heavy atom. The van der Waals surface area contributed by atoms with Crippen LogP contribution in [0.25, 0.3) is 11.1 Å². The van der Waals surface area contributed by atoms with Gasteiger partial charge in [-0.05, 0) is 35.4 Å². The van der Waals surface area contributed by atoms with Crippen molar-refractivity contribution in [3.63, 3.8) is 0 Å². The zero-order chi connectivity index (χ0) is 16.5. The fourth-order valence-electron chi connectivity index (χ4n) is 1.96. The maximum Gasteiger partial charge on any atom is 0.419 e. The van der Waals surface area contributed by atoms with E-state index >= 15 is 0 Å². The molecule has 0 aromatic heterocycles. The minimum Gasteiger partial charge on any atom is -0.496 e. The molecule has 0 aliphatic rings. The number of alkyl halides is 6. The van der Waals surface area contributed by atoms with Gasteiger partial charge < -0.3 is 4.74 Å². The van der Waals surface area contributed by atoms with Crippen molar-refractivity contribution in [1.82, 2.24) is 0 Å². The highest BCUT2D eigenvalue weighted by Crippen LogP contribution is 2.38. The molecule has 0 saturated heterocycles. The van der Waals surface area contributed by atoms with Crippen molar-refractivity contribution in [1.29, 1.82) is 0 Å². The van der Waals surface area contributed by atoms with Crippen molar-refractivity contribution >= 4 is 0 Å². The Labute approximate surface area is 122 Å². The summed E-state index contributed by atoms with van der Waals surface area (Å²) in [5, 5.41) is 0. The van der Waals surface area contributed by atoms with Crippen LogP contribution >= 0.6 is 0 Å². The summed E-state index contributed by atoms with van der Waals surface area (Å²) >= 11 is 0. The Kier molecular flexibility index (Phi) is 4.08. The molecule has 0 atom stereocenters. The summed E-state index contributed by atoms with van der Waals surface area (Å²) < 4.78 is 80.4. The van der Waals surface area contributed by atoms with Crippen molar-refractivity contribution in [2.75, 3.05) is 7.11 Å². The second-order valence-electron chi connectivity index (χ2n) is 4.49. The molecule has 118 valence electrons. The molecule has 2 aromatic carbocycles. The summed E-state index contributed by atoms with van der Waals surface area (Å²) in [6.07, 6.45) is -9.03. The van der Waals surface area contributed by atoms with E-state index in [9.17, 15) is 26.3 Å². The zero-order valence-electron chi connectivity index (χ0n) is 11.2. The Hall–Kier alpha value is -2.18. The van der Waals surface area contributed by atoms with Crippen molar-refractivity contribution in [2.45, 2.75) is 12.4 Å². The standard InChI is InChI=1S/C15H10F6O/c1-22-13-8-10(4-7-12(13)15(19,20)21)9-2-5-11(6-3-9)14(16,17)18/h2-8H,1H3. The van der Waals surface area contributed by atoms with Crippen molar-refractivity contribution in [2.24, 2.45) is 0 Å². The van der Waals surface area contributed by atoms with Crippen LogP contribution in [0.2, 0.25) is 0 Å². The summed E-state index contributed by atoms with van der Waals surface area (Å²) in [6.45, 7) is 0. The van der Waals surface area contributed by atoms with E-state index in [1.54, 1.807) is 0 Å². The highest BCUT2D eigenvalue weighted by Gasteiger charge is 2.34. The lowest BCUT2D eigenvalue weighted by molar-refractivity contribution is -0.139. The molecule has 0 aliphatic heterocycles. The number of ether oxygens (including phenoxy) is 1. The van der Waals surface area contributed by atoms with Gasteiger partial charge in [0, 0.05) is 0 Å². The lowest BCUT2D eigenvalue weighted by Crippen LogP contribution is -2.07. The van der Waals surface area contributed by atoms with Crippen LogP contribution in [0.15, 0.2) is 42.5 Å². The summed E-state index contributed by atoms with van der Waals surface area (Å²) in [5.74, 6) is -0.384. The predicted octanol–water partition coefficient (Wildman–Crippen LogP) is 5.40. The normalized spacial score (nSPS) is 12.3. The van der Waals surface area contributed by atoms with Crippen LogP contribution in [0.4, 0.5) is 26.3 Å². The Morgan fingerprint density at radius 2 is 1.27 bits per heavy atom. The molecule has 0 aliphatic carbocycles. The van der Waals surface area contributed by atoms with E-state index in [-0.39, 0.29) is 5.75 Å². The highest BCUT2D eigenvalue weighted by atomic mass is 19.4. The molecule has 7 heteroatoms. The molecular formula is C15H10F6O. The third kappa shape index (κ3) is 3.35. The molecule has 0 N–H and O–H groups in total. The maximum absolute atomic E-state index is 12.7. The topological polar surface area (TPSA) is 9.23 Å². The second kappa shape index (κ2) is 5.55. The monoisotopic (exact) mass is 320 g/mol. The highest BCUT2D eigenvalue weighted by molar-refractivity contribution is 5.66. The molecule has 0 fully saturated rings. The van der Waals surface area contributed by atoms with Gasteiger partial charge in [-0.2, -0.15) is 26.3 Å². The number of halogens is 6. The molecule has 0 saturated carbocycles. The van der Waals surface area contributed by atoms with Crippen LogP contribution < -0.4 is 4.74 Å². The van der Waals surface area contributed by atoms with E-state index < -0.39 is 23.5 Å². The fourth-order valence-corrected chi connectivity index (χ4v) is 1.96. The van der Waals surface area contributed by atoms with Gasteiger partial charge in [-0.15, -0.1) is 0 Å². The number of hydrogen-bond donors (Lipinski definition) is 0. The average molecular weight is 320 g/mol. The average Bonchev–Trinajstić information content (AvgIpc) is 2.45. The first-order chi connectivity index (χ1) is 10.1. The van der Waals surface area contributed by atoms with Crippen molar-refractivity contribution in [3.8, 4) is 16.9 Å². The van der Waals surface area contributed by atoms with Gasteiger partial charge in [0.05, 0.1) is 18.2 Å². The number of methoxy groups -OCH3 is 1. The largest absolute Gasteiger partial charge is 0.496 e. The molecule has 0 heterocycles. The van der Waals surface area contributed by atoms with E-state index in [4.69, 9.17) is 4.74 Å². The van der Waals surface area contributed by atoms with Crippen LogP contribution in [-0.2, 0) is 12.4 Å². The van der Waals surface area contributed by atoms with Gasteiger partial charge in [-0.25, -0.2) is 0 Å². The van der Waals surface area contributed by atoms with E-state index in [1.165, 1.54) is 18.2 Å². The number of benzene rings is 2. The second-order valence-corrected chi connectivity index (χ2v) is 4.49. The van der Waals surface area contributed by atoms with Crippen molar-refractivity contribution in [3.05, 3.63) is 53.6 Å². The molecule has 0 bridgehead atoms. The summed E-state index contributed by atoms with van der Waals surface area (Å²) in [4.78, 5) is 0. The van der Waals surface area contributed by atoms with Gasteiger partial charge in [-0.3, -0.25) is 0 Å². The smallest absolute Gasteiger partial charge is 0.419 e. The number of rotatable bonds is 2. The zero-order valence-corrected chi connectivity index (χ0v) is 11.2. The van der Waals surface area contributed by atoms with E-state index in [1.807, 2.05) is 0 Å². The summed E-state index contributed by atoms with van der Waals surface area (Å²) in [5.41, 5.74) is -1.07. The molecule has 0 radical (unpaired) electrons. The molecule has 0 amide bonds. The third-order valence-electron chi connectivity index (χ3n) is 3.05. The van der Waals surface area contributed by atoms with E-state index in [2.05, 4.69) is 0 Å².